The fraction of sp³-hybridized carbons (Fsp3) is 1.00. The molecule has 1 saturated heterocycles. The Bertz CT molecular complexity index is 91.8. The molecule has 0 aromatic rings. The molecule has 1 aliphatic heterocycles. The van der Waals surface area contributed by atoms with Crippen molar-refractivity contribution < 1.29 is 9.84 Å². The van der Waals surface area contributed by atoms with Gasteiger partial charge in [-0.25, -0.2) is 0 Å². The predicted octanol–water partition coefficient (Wildman–Crippen LogP) is -0.236. The van der Waals surface area contributed by atoms with Crippen LogP contribution in [0.1, 0.15) is 6.42 Å². The quantitative estimate of drug-likeness (QED) is 0.567. The van der Waals surface area contributed by atoms with Crippen LogP contribution in [0.4, 0.5) is 0 Å². The van der Waals surface area contributed by atoms with Crippen molar-refractivity contribution in [1.29, 1.82) is 0 Å². The van der Waals surface area contributed by atoms with E-state index in [4.69, 9.17) is 15.6 Å². The van der Waals surface area contributed by atoms with Crippen LogP contribution in [0.2, 0.25) is 0 Å². The van der Waals surface area contributed by atoms with Crippen molar-refractivity contribution in [2.24, 2.45) is 11.7 Å². The van der Waals surface area contributed by atoms with Gasteiger partial charge in [0, 0.05) is 25.2 Å². The summed E-state index contributed by atoms with van der Waals surface area (Å²) in [6.07, 6.45) is 0.900. The van der Waals surface area contributed by atoms with E-state index in [2.05, 4.69) is 0 Å². The topological polar surface area (TPSA) is 55.5 Å². The van der Waals surface area contributed by atoms with Gasteiger partial charge in [-0.1, -0.05) is 0 Å². The summed E-state index contributed by atoms with van der Waals surface area (Å²) >= 11 is 0. The van der Waals surface area contributed by atoms with Gasteiger partial charge in [0.1, 0.15) is 0 Å². The minimum absolute atomic E-state index is 0. The van der Waals surface area contributed by atoms with Crippen molar-refractivity contribution >= 4 is 12.4 Å². The van der Waals surface area contributed by atoms with Crippen LogP contribution in [0.15, 0.2) is 0 Å². The molecule has 1 fully saturated rings. The van der Waals surface area contributed by atoms with Gasteiger partial charge in [0.25, 0.3) is 0 Å². The van der Waals surface area contributed by atoms with Gasteiger partial charge in [-0.2, -0.15) is 0 Å². The highest BCUT2D eigenvalue weighted by molar-refractivity contribution is 5.85. The van der Waals surface area contributed by atoms with Crippen molar-refractivity contribution in [2.75, 3.05) is 19.8 Å². The minimum atomic E-state index is 0. The number of aliphatic hydroxyl groups excluding tert-OH is 1. The molecule has 0 saturated carbocycles. The van der Waals surface area contributed by atoms with Gasteiger partial charge in [0.05, 0.1) is 6.61 Å². The molecule has 4 heteroatoms. The third-order valence-corrected chi connectivity index (χ3v) is 1.78. The first kappa shape index (κ1) is 10.2. The maximum absolute atomic E-state index is 8.73. The zero-order valence-corrected chi connectivity index (χ0v) is 6.64. The van der Waals surface area contributed by atoms with Gasteiger partial charge < -0.3 is 15.6 Å². The first-order valence-electron chi connectivity index (χ1n) is 3.28. The van der Waals surface area contributed by atoms with Gasteiger partial charge in [-0.3, -0.25) is 0 Å². The minimum Gasteiger partial charge on any atom is -0.396 e. The maximum Gasteiger partial charge on any atom is 0.0621 e. The Labute approximate surface area is 67.0 Å². The monoisotopic (exact) mass is 167 g/mol. The lowest BCUT2D eigenvalue weighted by molar-refractivity contribution is 0.0286. The fourth-order valence-electron chi connectivity index (χ4n) is 1.03. The largest absolute Gasteiger partial charge is 0.396 e. The smallest absolute Gasteiger partial charge is 0.0621 e. The fourth-order valence-corrected chi connectivity index (χ4v) is 1.03. The second-order valence-corrected chi connectivity index (χ2v) is 2.47. The Kier molecular flexibility index (Phi) is 4.99. The van der Waals surface area contributed by atoms with E-state index >= 15 is 0 Å². The second kappa shape index (κ2) is 4.91. The molecule has 2 atom stereocenters. The summed E-state index contributed by atoms with van der Waals surface area (Å²) in [6, 6.07) is 0.0451. The molecule has 0 radical (unpaired) electrons. The first-order chi connectivity index (χ1) is 4.34. The average Bonchev–Trinajstić information content (AvgIpc) is 1.89. The van der Waals surface area contributed by atoms with E-state index in [-0.39, 0.29) is 31.0 Å². The molecule has 1 rings (SSSR count). The van der Waals surface area contributed by atoms with E-state index < -0.39 is 0 Å². The molecular weight excluding hydrogens is 154 g/mol. The molecule has 0 bridgehead atoms. The van der Waals surface area contributed by atoms with Gasteiger partial charge in [0.2, 0.25) is 0 Å². The van der Waals surface area contributed by atoms with Crippen molar-refractivity contribution in [3.8, 4) is 0 Å². The summed E-state index contributed by atoms with van der Waals surface area (Å²) in [5, 5.41) is 8.73. The Morgan fingerprint density at radius 3 is 2.70 bits per heavy atom. The second-order valence-electron chi connectivity index (χ2n) is 2.47. The van der Waals surface area contributed by atoms with Crippen LogP contribution in [-0.4, -0.2) is 31.0 Å². The lowest BCUT2D eigenvalue weighted by atomic mass is 9.97. The molecule has 0 aromatic heterocycles. The van der Waals surface area contributed by atoms with E-state index in [0.29, 0.717) is 6.61 Å². The number of rotatable bonds is 1. The molecular formula is C6H14ClNO2. The third kappa shape index (κ3) is 2.42. The predicted molar refractivity (Wildman–Crippen MR) is 41.2 cm³/mol. The Balaban J connectivity index is 0.000000810. The van der Waals surface area contributed by atoms with Crippen LogP contribution < -0.4 is 5.73 Å². The zero-order chi connectivity index (χ0) is 6.69. The van der Waals surface area contributed by atoms with E-state index in [9.17, 15) is 0 Å². The number of hydrogen-bond acceptors (Lipinski definition) is 3. The van der Waals surface area contributed by atoms with Crippen molar-refractivity contribution in [1.82, 2.24) is 0 Å². The lowest BCUT2D eigenvalue weighted by Gasteiger charge is -2.26. The van der Waals surface area contributed by atoms with E-state index in [1.807, 2.05) is 0 Å². The summed E-state index contributed by atoms with van der Waals surface area (Å²) in [5.41, 5.74) is 5.60. The van der Waals surface area contributed by atoms with Crippen LogP contribution in [0.5, 0.6) is 0 Å². The summed E-state index contributed by atoms with van der Waals surface area (Å²) in [4.78, 5) is 0. The van der Waals surface area contributed by atoms with E-state index in [0.717, 1.165) is 13.0 Å². The lowest BCUT2D eigenvalue weighted by Crippen LogP contribution is -2.41. The first-order valence-corrected chi connectivity index (χ1v) is 3.28. The SMILES string of the molecule is Cl.N[C@H]1COCC[C@H]1CO. The van der Waals surface area contributed by atoms with Crippen LogP contribution >= 0.6 is 12.4 Å². The van der Waals surface area contributed by atoms with Crippen molar-refractivity contribution in [3.05, 3.63) is 0 Å². The molecule has 10 heavy (non-hydrogen) atoms. The van der Waals surface area contributed by atoms with Gasteiger partial charge in [0.15, 0.2) is 0 Å². The number of hydrogen-bond donors (Lipinski definition) is 2. The number of ether oxygens (including phenoxy) is 1. The third-order valence-electron chi connectivity index (χ3n) is 1.78. The number of nitrogens with two attached hydrogens (primary N) is 1. The molecule has 3 nitrogen and oxygen atoms in total. The van der Waals surface area contributed by atoms with E-state index in [1.54, 1.807) is 0 Å². The van der Waals surface area contributed by atoms with Crippen LogP contribution in [0.3, 0.4) is 0 Å². The summed E-state index contributed by atoms with van der Waals surface area (Å²) in [7, 11) is 0. The molecule has 0 spiro atoms. The molecule has 1 aliphatic rings. The van der Waals surface area contributed by atoms with Crippen LogP contribution in [0.25, 0.3) is 0 Å². The van der Waals surface area contributed by atoms with Gasteiger partial charge in [-0.05, 0) is 6.42 Å². The number of halogens is 1. The zero-order valence-electron chi connectivity index (χ0n) is 5.82. The summed E-state index contributed by atoms with van der Waals surface area (Å²) in [5.74, 6) is 0.263. The van der Waals surface area contributed by atoms with Crippen molar-refractivity contribution in [3.63, 3.8) is 0 Å². The molecule has 62 valence electrons. The Morgan fingerprint density at radius 2 is 2.30 bits per heavy atom. The Hall–Kier alpha value is 0.170. The van der Waals surface area contributed by atoms with Crippen LogP contribution in [0, 0.1) is 5.92 Å². The maximum atomic E-state index is 8.73. The standard InChI is InChI=1S/C6H13NO2.ClH/c7-6-4-9-2-1-5(6)3-8;/h5-6,8H,1-4,7H2;1H/t5-,6-;/m0./s1. The average molecular weight is 168 g/mol. The van der Waals surface area contributed by atoms with Crippen LogP contribution in [-0.2, 0) is 4.74 Å². The normalized spacial score (nSPS) is 33.0. The highest BCUT2D eigenvalue weighted by Crippen LogP contribution is 2.11. The molecule has 1 heterocycles. The molecule has 0 aromatic carbocycles. The highest BCUT2D eigenvalue weighted by Gasteiger charge is 2.20. The summed E-state index contributed by atoms with van der Waals surface area (Å²) < 4.78 is 5.08. The Morgan fingerprint density at radius 1 is 1.60 bits per heavy atom. The number of aliphatic hydroxyl groups is 1. The van der Waals surface area contributed by atoms with E-state index in [1.165, 1.54) is 0 Å². The molecule has 0 amide bonds. The van der Waals surface area contributed by atoms with Gasteiger partial charge >= 0.3 is 0 Å². The molecule has 0 aliphatic carbocycles. The van der Waals surface area contributed by atoms with Gasteiger partial charge in [-0.15, -0.1) is 12.4 Å². The molecule has 0 unspecified atom stereocenters. The summed E-state index contributed by atoms with van der Waals surface area (Å²) in [6.45, 7) is 1.55. The molecule has 3 N–H and O–H groups in total. The van der Waals surface area contributed by atoms with Crippen molar-refractivity contribution in [2.45, 2.75) is 12.5 Å². The highest BCUT2D eigenvalue weighted by atomic mass is 35.5.